The second-order valence-corrected chi connectivity index (χ2v) is 5.87. The number of hydrogen-bond acceptors (Lipinski definition) is 2. The van der Waals surface area contributed by atoms with Gasteiger partial charge in [-0.1, -0.05) is 46.0 Å². The van der Waals surface area contributed by atoms with Gasteiger partial charge in [-0.15, -0.1) is 0 Å². The van der Waals surface area contributed by atoms with E-state index in [2.05, 4.69) is 6.92 Å². The molecule has 3 heteroatoms. The molecule has 1 aliphatic carbocycles. The van der Waals surface area contributed by atoms with Crippen LogP contribution >= 0.6 is 0 Å². The van der Waals surface area contributed by atoms with E-state index >= 15 is 0 Å². The van der Waals surface area contributed by atoms with Gasteiger partial charge in [-0.25, -0.2) is 0 Å². The molecular weight excluding hydrogens is 214 g/mol. The van der Waals surface area contributed by atoms with Crippen LogP contribution in [0.1, 0.15) is 58.8 Å². The summed E-state index contributed by atoms with van der Waals surface area (Å²) >= 11 is 0. The number of aliphatic carboxylic acids is 1. The molecule has 0 saturated heterocycles. The maximum atomic E-state index is 10.8. The molecule has 0 amide bonds. The molecule has 0 heterocycles. The minimum absolute atomic E-state index is 0.203. The van der Waals surface area contributed by atoms with E-state index in [1.54, 1.807) is 6.92 Å². The fourth-order valence-corrected chi connectivity index (χ4v) is 2.94. The van der Waals surface area contributed by atoms with Crippen LogP contribution in [0.3, 0.4) is 0 Å². The van der Waals surface area contributed by atoms with Crippen molar-refractivity contribution in [3.8, 4) is 0 Å². The number of carboxylic acid groups (broad SMARTS) is 1. The molecule has 0 aromatic heterocycles. The summed E-state index contributed by atoms with van der Waals surface area (Å²) < 4.78 is 0. The molecule has 0 aliphatic heterocycles. The summed E-state index contributed by atoms with van der Waals surface area (Å²) in [5.41, 5.74) is 5.94. The van der Waals surface area contributed by atoms with Crippen LogP contribution in [0.15, 0.2) is 0 Å². The first kappa shape index (κ1) is 14.5. The van der Waals surface area contributed by atoms with E-state index in [4.69, 9.17) is 10.8 Å². The SMILES string of the molecule is CC(C(=O)O)[C@@H](N)C[C@H](C)CC1CCCCC1. The molecule has 1 unspecified atom stereocenters. The van der Waals surface area contributed by atoms with Crippen molar-refractivity contribution in [1.29, 1.82) is 0 Å². The summed E-state index contributed by atoms with van der Waals surface area (Å²) in [4.78, 5) is 10.8. The monoisotopic (exact) mass is 241 g/mol. The molecule has 100 valence electrons. The van der Waals surface area contributed by atoms with Gasteiger partial charge in [0.15, 0.2) is 0 Å². The summed E-state index contributed by atoms with van der Waals surface area (Å²) in [5.74, 6) is 0.201. The Morgan fingerprint density at radius 2 is 1.88 bits per heavy atom. The third-order valence-corrected chi connectivity index (χ3v) is 4.17. The van der Waals surface area contributed by atoms with E-state index in [9.17, 15) is 4.79 Å². The summed E-state index contributed by atoms with van der Waals surface area (Å²) in [6, 6.07) is -0.203. The summed E-state index contributed by atoms with van der Waals surface area (Å²) in [6.45, 7) is 3.92. The van der Waals surface area contributed by atoms with Crippen LogP contribution < -0.4 is 5.73 Å². The van der Waals surface area contributed by atoms with Gasteiger partial charge in [0.2, 0.25) is 0 Å². The predicted octanol–water partition coefficient (Wildman–Crippen LogP) is 3.03. The fourth-order valence-electron chi connectivity index (χ4n) is 2.94. The van der Waals surface area contributed by atoms with Crippen molar-refractivity contribution in [1.82, 2.24) is 0 Å². The van der Waals surface area contributed by atoms with Gasteiger partial charge in [-0.05, 0) is 24.7 Å². The van der Waals surface area contributed by atoms with Crippen molar-refractivity contribution in [2.24, 2.45) is 23.5 Å². The summed E-state index contributed by atoms with van der Waals surface area (Å²) in [6.07, 6.45) is 8.90. The summed E-state index contributed by atoms with van der Waals surface area (Å²) in [7, 11) is 0. The van der Waals surface area contributed by atoms with Crippen LogP contribution in [0.5, 0.6) is 0 Å². The van der Waals surface area contributed by atoms with Crippen molar-refractivity contribution in [3.05, 3.63) is 0 Å². The molecule has 3 atom stereocenters. The Morgan fingerprint density at radius 1 is 1.29 bits per heavy atom. The molecule has 1 fully saturated rings. The van der Waals surface area contributed by atoms with E-state index in [1.807, 2.05) is 0 Å². The van der Waals surface area contributed by atoms with Gasteiger partial charge >= 0.3 is 5.97 Å². The zero-order chi connectivity index (χ0) is 12.8. The zero-order valence-corrected chi connectivity index (χ0v) is 11.2. The lowest BCUT2D eigenvalue weighted by Crippen LogP contribution is -2.35. The first-order valence-corrected chi connectivity index (χ1v) is 6.99. The molecular formula is C14H27NO2. The number of nitrogens with two attached hydrogens (primary N) is 1. The maximum Gasteiger partial charge on any atom is 0.307 e. The van der Waals surface area contributed by atoms with E-state index in [0.29, 0.717) is 5.92 Å². The molecule has 1 aliphatic rings. The molecule has 0 aromatic rings. The lowest BCUT2D eigenvalue weighted by atomic mass is 9.80. The van der Waals surface area contributed by atoms with Crippen molar-refractivity contribution in [2.75, 3.05) is 0 Å². The number of rotatable bonds is 6. The zero-order valence-electron chi connectivity index (χ0n) is 11.2. The minimum Gasteiger partial charge on any atom is -0.481 e. The van der Waals surface area contributed by atoms with Crippen LogP contribution in [0.25, 0.3) is 0 Å². The fraction of sp³-hybridized carbons (Fsp3) is 0.929. The average Bonchev–Trinajstić information content (AvgIpc) is 2.28. The third kappa shape index (κ3) is 5.07. The Balaban J connectivity index is 2.27. The molecule has 0 spiro atoms. The minimum atomic E-state index is -0.776. The molecule has 1 rings (SSSR count). The van der Waals surface area contributed by atoms with Crippen molar-refractivity contribution in [2.45, 2.75) is 64.8 Å². The maximum absolute atomic E-state index is 10.8. The van der Waals surface area contributed by atoms with Gasteiger partial charge < -0.3 is 10.8 Å². The number of carbonyl (C=O) groups is 1. The second-order valence-electron chi connectivity index (χ2n) is 5.87. The Morgan fingerprint density at radius 3 is 2.41 bits per heavy atom. The van der Waals surface area contributed by atoms with Gasteiger partial charge in [0, 0.05) is 6.04 Å². The molecule has 1 saturated carbocycles. The lowest BCUT2D eigenvalue weighted by molar-refractivity contribution is -0.141. The van der Waals surface area contributed by atoms with Crippen LogP contribution in [-0.4, -0.2) is 17.1 Å². The van der Waals surface area contributed by atoms with Crippen molar-refractivity contribution < 1.29 is 9.90 Å². The number of hydrogen-bond donors (Lipinski definition) is 2. The van der Waals surface area contributed by atoms with Crippen LogP contribution in [0.2, 0.25) is 0 Å². The standard InChI is InChI=1S/C14H27NO2/c1-10(8-12-6-4-3-5-7-12)9-13(15)11(2)14(16)17/h10-13H,3-9,15H2,1-2H3,(H,16,17)/t10-,11?,13+/m1/s1. The van der Waals surface area contributed by atoms with Gasteiger partial charge in [-0.2, -0.15) is 0 Å². The Hall–Kier alpha value is -0.570. The van der Waals surface area contributed by atoms with Crippen LogP contribution in [-0.2, 0) is 4.79 Å². The van der Waals surface area contributed by atoms with E-state index in [-0.39, 0.29) is 6.04 Å². The van der Waals surface area contributed by atoms with Crippen molar-refractivity contribution in [3.63, 3.8) is 0 Å². The Kier molecular flexibility index (Phi) is 5.96. The van der Waals surface area contributed by atoms with Gasteiger partial charge in [-0.3, -0.25) is 4.79 Å². The second kappa shape index (κ2) is 7.00. The van der Waals surface area contributed by atoms with Crippen LogP contribution in [0, 0.1) is 17.8 Å². The highest BCUT2D eigenvalue weighted by Crippen LogP contribution is 2.30. The van der Waals surface area contributed by atoms with Crippen molar-refractivity contribution >= 4 is 5.97 Å². The first-order chi connectivity index (χ1) is 8.00. The number of carboxylic acids is 1. The van der Waals surface area contributed by atoms with E-state index < -0.39 is 11.9 Å². The first-order valence-electron chi connectivity index (χ1n) is 6.99. The Labute approximate surface area is 105 Å². The molecule has 3 nitrogen and oxygen atoms in total. The van der Waals surface area contributed by atoms with E-state index in [0.717, 1.165) is 12.3 Å². The highest BCUT2D eigenvalue weighted by Gasteiger charge is 2.23. The molecule has 0 radical (unpaired) electrons. The highest BCUT2D eigenvalue weighted by atomic mass is 16.4. The van der Waals surface area contributed by atoms with Crippen LogP contribution in [0.4, 0.5) is 0 Å². The normalized spacial score (nSPS) is 23.0. The third-order valence-electron chi connectivity index (χ3n) is 4.17. The van der Waals surface area contributed by atoms with Gasteiger partial charge in [0.1, 0.15) is 0 Å². The van der Waals surface area contributed by atoms with Gasteiger partial charge in [0.05, 0.1) is 5.92 Å². The molecule has 3 N–H and O–H groups in total. The smallest absolute Gasteiger partial charge is 0.307 e. The van der Waals surface area contributed by atoms with Gasteiger partial charge in [0.25, 0.3) is 0 Å². The topological polar surface area (TPSA) is 63.3 Å². The predicted molar refractivity (Wildman–Crippen MR) is 69.7 cm³/mol. The molecule has 0 bridgehead atoms. The average molecular weight is 241 g/mol. The largest absolute Gasteiger partial charge is 0.481 e. The highest BCUT2D eigenvalue weighted by molar-refractivity contribution is 5.70. The molecule has 0 aromatic carbocycles. The van der Waals surface area contributed by atoms with E-state index in [1.165, 1.54) is 38.5 Å². The summed E-state index contributed by atoms with van der Waals surface area (Å²) in [5, 5.41) is 8.91. The lowest BCUT2D eigenvalue weighted by Gasteiger charge is -2.26. The molecule has 17 heavy (non-hydrogen) atoms. The Bertz CT molecular complexity index is 236. The quantitative estimate of drug-likeness (QED) is 0.751.